The van der Waals surface area contributed by atoms with Gasteiger partial charge in [-0.3, -0.25) is 9.59 Å². The molecule has 0 N–H and O–H groups in total. The minimum absolute atomic E-state index is 0.0497. The van der Waals surface area contributed by atoms with E-state index >= 15 is 0 Å². The van der Waals surface area contributed by atoms with Crippen LogP contribution in [0.25, 0.3) is 0 Å². The van der Waals surface area contributed by atoms with Crippen molar-refractivity contribution in [1.82, 2.24) is 0 Å². The van der Waals surface area contributed by atoms with E-state index in [0.29, 0.717) is 6.42 Å². The Morgan fingerprint density at radius 2 is 1.44 bits per heavy atom. The molecule has 144 valence electrons. The van der Waals surface area contributed by atoms with Crippen LogP contribution >= 0.6 is 0 Å². The molecule has 1 rings (SSSR count). The first-order valence-corrected chi connectivity index (χ1v) is 9.14. The van der Waals surface area contributed by atoms with E-state index in [2.05, 4.69) is 0 Å². The highest BCUT2D eigenvalue weighted by molar-refractivity contribution is 6.00. The molecule has 0 amide bonds. The average molecular weight is 354 g/mol. The second kappa shape index (κ2) is 7.46. The van der Waals surface area contributed by atoms with Gasteiger partial charge in [-0.15, -0.1) is 0 Å². The summed E-state index contributed by atoms with van der Waals surface area (Å²) in [6.07, 6.45) is 2.02. The van der Waals surface area contributed by atoms with Crippen LogP contribution in [0.2, 0.25) is 0 Å². The Kier molecular flexibility index (Phi) is 6.47. The molecule has 5 nitrogen and oxygen atoms in total. The van der Waals surface area contributed by atoms with Crippen LogP contribution in [0.1, 0.15) is 74.7 Å². The van der Waals surface area contributed by atoms with Crippen LogP contribution in [0, 0.1) is 23.2 Å². The maximum atomic E-state index is 13.0. The minimum Gasteiger partial charge on any atom is -0.459 e. The largest absolute Gasteiger partial charge is 0.459 e. The first kappa shape index (κ1) is 21.7. The molecule has 0 bridgehead atoms. The van der Waals surface area contributed by atoms with Gasteiger partial charge in [0.25, 0.3) is 0 Å². The van der Waals surface area contributed by atoms with Gasteiger partial charge in [0.1, 0.15) is 17.5 Å². The predicted molar refractivity (Wildman–Crippen MR) is 95.9 cm³/mol. The highest BCUT2D eigenvalue weighted by Crippen LogP contribution is 2.47. The summed E-state index contributed by atoms with van der Waals surface area (Å²) in [5.74, 6) is -1.09. The van der Waals surface area contributed by atoms with Crippen molar-refractivity contribution in [2.45, 2.75) is 85.9 Å². The monoisotopic (exact) mass is 354 g/mol. The van der Waals surface area contributed by atoms with Gasteiger partial charge >= 0.3 is 11.9 Å². The molecule has 0 aromatic heterocycles. The second-order valence-electron chi connectivity index (χ2n) is 9.54. The maximum absolute atomic E-state index is 13.0. The van der Waals surface area contributed by atoms with Crippen LogP contribution in [0.15, 0.2) is 0 Å². The third-order valence-electron chi connectivity index (χ3n) is 4.65. The second-order valence-corrected chi connectivity index (χ2v) is 9.54. The third-order valence-corrected chi connectivity index (χ3v) is 4.65. The SMILES string of the molecule is CC(C)[C@H]1CC(C(=O)OC(C)(C)C)(C(=O)OC(C)(C)C)CC[C@@H]1C=O. The van der Waals surface area contributed by atoms with Gasteiger partial charge in [-0.1, -0.05) is 13.8 Å². The van der Waals surface area contributed by atoms with Crippen molar-refractivity contribution >= 4 is 18.2 Å². The molecule has 0 heterocycles. The molecular formula is C20H34O5. The lowest BCUT2D eigenvalue weighted by molar-refractivity contribution is -0.191. The Morgan fingerprint density at radius 1 is 1.00 bits per heavy atom. The maximum Gasteiger partial charge on any atom is 0.324 e. The van der Waals surface area contributed by atoms with Crippen LogP contribution in [0.4, 0.5) is 0 Å². The van der Waals surface area contributed by atoms with Gasteiger partial charge in [0, 0.05) is 5.92 Å². The zero-order valence-corrected chi connectivity index (χ0v) is 17.0. The van der Waals surface area contributed by atoms with Crippen LogP contribution in [-0.2, 0) is 23.9 Å². The van der Waals surface area contributed by atoms with Gasteiger partial charge in [0.15, 0.2) is 5.41 Å². The molecule has 0 aromatic carbocycles. The number of hydrogen-bond donors (Lipinski definition) is 0. The molecule has 0 unspecified atom stereocenters. The summed E-state index contributed by atoms with van der Waals surface area (Å²) in [7, 11) is 0. The number of aldehydes is 1. The van der Waals surface area contributed by atoms with E-state index in [0.717, 1.165) is 6.29 Å². The molecule has 1 aliphatic carbocycles. The molecule has 0 spiro atoms. The van der Waals surface area contributed by atoms with E-state index < -0.39 is 28.6 Å². The van der Waals surface area contributed by atoms with E-state index in [1.807, 2.05) is 13.8 Å². The van der Waals surface area contributed by atoms with Gasteiger partial charge in [-0.05, 0) is 72.6 Å². The quantitative estimate of drug-likeness (QED) is 0.435. The van der Waals surface area contributed by atoms with Crippen molar-refractivity contribution in [3.05, 3.63) is 0 Å². The number of rotatable bonds is 4. The van der Waals surface area contributed by atoms with E-state index in [1.54, 1.807) is 41.5 Å². The molecule has 0 radical (unpaired) electrons. The van der Waals surface area contributed by atoms with Crippen LogP contribution < -0.4 is 0 Å². The summed E-state index contributed by atoms with van der Waals surface area (Å²) in [5, 5.41) is 0. The summed E-state index contributed by atoms with van der Waals surface area (Å²) < 4.78 is 11.2. The minimum atomic E-state index is -1.34. The Balaban J connectivity index is 3.26. The van der Waals surface area contributed by atoms with E-state index in [-0.39, 0.29) is 30.6 Å². The molecule has 0 aliphatic heterocycles. The highest BCUT2D eigenvalue weighted by Gasteiger charge is 2.55. The van der Waals surface area contributed by atoms with Crippen molar-refractivity contribution < 1.29 is 23.9 Å². The van der Waals surface area contributed by atoms with Gasteiger partial charge in [-0.25, -0.2) is 0 Å². The van der Waals surface area contributed by atoms with Crippen molar-refractivity contribution in [2.75, 3.05) is 0 Å². The van der Waals surface area contributed by atoms with E-state index in [1.165, 1.54) is 0 Å². The fraction of sp³-hybridized carbons (Fsp3) is 0.850. The van der Waals surface area contributed by atoms with Crippen LogP contribution in [0.5, 0.6) is 0 Å². The van der Waals surface area contributed by atoms with E-state index in [4.69, 9.17) is 9.47 Å². The summed E-state index contributed by atoms with van der Waals surface area (Å²) in [6.45, 7) is 14.7. The Morgan fingerprint density at radius 3 is 1.76 bits per heavy atom. The zero-order chi connectivity index (χ0) is 19.6. The van der Waals surface area contributed by atoms with Gasteiger partial charge in [-0.2, -0.15) is 0 Å². The molecular weight excluding hydrogens is 320 g/mol. The smallest absolute Gasteiger partial charge is 0.324 e. The third kappa shape index (κ3) is 5.55. The van der Waals surface area contributed by atoms with Gasteiger partial charge in [0.2, 0.25) is 0 Å². The standard InChI is InChI=1S/C20H34O5/c1-13(2)15-11-20(10-9-14(15)12-21,16(22)24-18(3,4)5)17(23)25-19(6,7)8/h12-15H,9-11H2,1-8H3/t14-,15-/m1/s1. The molecule has 1 saturated carbocycles. The van der Waals surface area contributed by atoms with Crippen molar-refractivity contribution in [3.8, 4) is 0 Å². The average Bonchev–Trinajstić information content (AvgIpc) is 2.42. The fourth-order valence-electron chi connectivity index (χ4n) is 3.39. The summed E-state index contributed by atoms with van der Waals surface area (Å²) in [5.41, 5.74) is -2.73. The fourth-order valence-corrected chi connectivity index (χ4v) is 3.39. The molecule has 25 heavy (non-hydrogen) atoms. The lowest BCUT2D eigenvalue weighted by Crippen LogP contribution is -2.51. The lowest BCUT2D eigenvalue weighted by atomic mass is 9.62. The first-order valence-electron chi connectivity index (χ1n) is 9.14. The zero-order valence-electron chi connectivity index (χ0n) is 17.0. The Hall–Kier alpha value is -1.39. The number of ether oxygens (including phenoxy) is 2. The first-order chi connectivity index (χ1) is 11.2. The molecule has 0 saturated heterocycles. The highest BCUT2D eigenvalue weighted by atomic mass is 16.6. The molecule has 5 heteroatoms. The Bertz CT molecular complexity index is 479. The predicted octanol–water partition coefficient (Wildman–Crippen LogP) is 3.93. The van der Waals surface area contributed by atoms with Gasteiger partial charge in [0.05, 0.1) is 0 Å². The van der Waals surface area contributed by atoms with Crippen molar-refractivity contribution in [1.29, 1.82) is 0 Å². The van der Waals surface area contributed by atoms with Crippen LogP contribution in [0.3, 0.4) is 0 Å². The lowest BCUT2D eigenvalue weighted by Gasteiger charge is -2.43. The van der Waals surface area contributed by atoms with Crippen molar-refractivity contribution in [2.24, 2.45) is 23.2 Å². The van der Waals surface area contributed by atoms with E-state index in [9.17, 15) is 14.4 Å². The molecule has 2 atom stereocenters. The molecule has 1 fully saturated rings. The topological polar surface area (TPSA) is 69.7 Å². The number of hydrogen-bond acceptors (Lipinski definition) is 5. The molecule has 1 aliphatic rings. The number of carbonyl (C=O) groups is 3. The van der Waals surface area contributed by atoms with Gasteiger partial charge < -0.3 is 14.3 Å². The number of carbonyl (C=O) groups excluding carboxylic acids is 3. The molecule has 0 aromatic rings. The Labute approximate surface area is 151 Å². The van der Waals surface area contributed by atoms with Crippen LogP contribution in [-0.4, -0.2) is 29.4 Å². The summed E-state index contributed by atoms with van der Waals surface area (Å²) in [4.78, 5) is 37.5. The number of esters is 2. The summed E-state index contributed by atoms with van der Waals surface area (Å²) in [6, 6.07) is 0. The van der Waals surface area contributed by atoms with Crippen molar-refractivity contribution in [3.63, 3.8) is 0 Å². The normalized spacial score (nSPS) is 23.9. The summed E-state index contributed by atoms with van der Waals surface area (Å²) >= 11 is 0.